The second-order valence-corrected chi connectivity index (χ2v) is 39.7. The maximum absolute atomic E-state index is 11.8. The Bertz CT molecular complexity index is 6180. The van der Waals surface area contributed by atoms with Gasteiger partial charge in [0.2, 0.25) is 0 Å². The van der Waals surface area contributed by atoms with Crippen LogP contribution in [0.3, 0.4) is 0 Å². The van der Waals surface area contributed by atoms with E-state index in [9.17, 15) is 115 Å². The average Bonchev–Trinajstić information content (AvgIpc) is 1.71. The quantitative estimate of drug-likeness (QED) is 0.0737. The van der Waals surface area contributed by atoms with Crippen molar-refractivity contribution in [3.05, 3.63) is 182 Å². The van der Waals surface area contributed by atoms with Gasteiger partial charge in [-0.3, -0.25) is 57.5 Å². The van der Waals surface area contributed by atoms with E-state index in [0.717, 1.165) is 49.0 Å². The number of cyclic esters (lactones) is 24. The molecule has 690 valence electrons. The number of ether oxygens (including phenoxy) is 12. The lowest BCUT2D eigenvalue weighted by Gasteiger charge is -2.37. The van der Waals surface area contributed by atoms with Crippen molar-refractivity contribution in [3.63, 3.8) is 0 Å². The van der Waals surface area contributed by atoms with Crippen molar-refractivity contribution in [2.45, 2.75) is 152 Å². The van der Waals surface area contributed by atoms with Gasteiger partial charge in [0.1, 0.15) is 0 Å². The summed E-state index contributed by atoms with van der Waals surface area (Å²) in [6, 6.07) is 28.9. The Morgan fingerprint density at radius 1 is 0.193 bits per heavy atom. The zero-order valence-corrected chi connectivity index (χ0v) is 72.9. The average molecular weight is 1900 g/mol. The van der Waals surface area contributed by atoms with Crippen molar-refractivity contribution >= 4 is 179 Å². The number of carbonyl (C=O) groups is 24. The molecule has 135 heavy (non-hydrogen) atoms. The molecule has 0 bridgehead atoms. The Labute approximate surface area is 773 Å². The summed E-state index contributed by atoms with van der Waals surface area (Å²) >= 11 is 4.64. The molecule has 0 amide bonds. The van der Waals surface area contributed by atoms with Gasteiger partial charge in [0, 0.05) is 30.4 Å². The first-order chi connectivity index (χ1) is 64.7. The number of hydrogen-bond acceptors (Lipinski definition) is 39. The SMILES string of the molecule is O=C1OC(=O)C2CC(C3CCC4C(=O)OC(=O)C4C3)CCC12.O=C1OC(=O)C2CC(SC3CCC4C(=O)OC(=O)C4C3)CCC12.O=C1OC(=O)c2cc(-c3ccc4c(c3)C(=O)OC4=O)ccc21.O=C1OC(=O)c2cc(C3CCC4C(=O)OC(=O)C4C3)ccc21.O=C1OC(=O)c2cc(SC3CCC4C(=O)OC(=O)C4C3)ccc21.O=C1OC(=O)c2cc(Sc3ccc4c(c3)C(=O)OC4=O)ccc21. The molecule has 6 aromatic rings. The summed E-state index contributed by atoms with van der Waals surface area (Å²) in [7, 11) is 0. The monoisotopic (exact) mass is 1900 g/mol. The molecule has 12 aliphatic heterocycles. The summed E-state index contributed by atoms with van der Waals surface area (Å²) in [5.74, 6) is -15.5. The fraction of sp³-hybridized carbons (Fsp3) is 0.375. The fourth-order valence-electron chi connectivity index (χ4n) is 21.1. The highest BCUT2D eigenvalue weighted by Gasteiger charge is 2.56. The highest BCUT2D eigenvalue weighted by molar-refractivity contribution is 8.00. The first-order valence-corrected chi connectivity index (χ1v) is 46.3. The molecule has 18 unspecified atom stereocenters. The molecule has 0 spiro atoms. The number of hydrogen-bond donors (Lipinski definition) is 0. The van der Waals surface area contributed by atoms with Crippen LogP contribution in [0.5, 0.6) is 0 Å². The van der Waals surface area contributed by atoms with Crippen LogP contribution < -0.4 is 0 Å². The predicted octanol–water partition coefficient (Wildman–Crippen LogP) is 10.6. The van der Waals surface area contributed by atoms with E-state index in [-0.39, 0.29) is 191 Å². The Balaban J connectivity index is 0.000000104. The molecule has 6 aromatic carbocycles. The summed E-state index contributed by atoms with van der Waals surface area (Å²) in [6.45, 7) is 0. The lowest BCUT2D eigenvalue weighted by molar-refractivity contribution is -0.155. The van der Waals surface area contributed by atoms with Crippen LogP contribution in [0.2, 0.25) is 0 Å². The van der Waals surface area contributed by atoms with Gasteiger partial charge in [-0.2, -0.15) is 11.8 Å². The molecule has 24 rings (SSSR count). The lowest BCUT2D eigenvalue weighted by atomic mass is 9.64. The maximum Gasteiger partial charge on any atom is 0.346 e. The number of carbonyl (C=O) groups excluding carboxylic acids is 24. The minimum Gasteiger partial charge on any atom is -0.393 e. The molecular formula is C96H72O36S3. The van der Waals surface area contributed by atoms with Crippen LogP contribution in [0.4, 0.5) is 0 Å². The van der Waals surface area contributed by atoms with Crippen molar-refractivity contribution in [2.24, 2.45) is 82.9 Å². The third-order valence-corrected chi connectivity index (χ3v) is 32.0. The number of esters is 24. The van der Waals surface area contributed by atoms with Crippen molar-refractivity contribution in [1.29, 1.82) is 0 Å². The highest BCUT2D eigenvalue weighted by Crippen LogP contribution is 2.53. The second kappa shape index (κ2) is 36.1. The van der Waals surface area contributed by atoms with Gasteiger partial charge < -0.3 is 56.8 Å². The molecule has 12 heterocycles. The number of thioether (sulfide) groups is 2. The molecule has 12 fully saturated rings. The standard InChI is InChI=1S/C16H18O6S.C16H12O6S.C16H6O6S.C16H18O6.C16H12O6.C16H6O6/c3*17-13-9-3-1-7(5-11(9)15(19)21-13)23-8-2-4-10-12(6-8)16(20)22-14(10)18;3*17-13-9-3-1-7(5-11(9)15(19)21-13)8-2-4-10-12(6-8)16(20)22-14(10)18/h7-12H,1-6H2;1,3,5,8,10,12H,2,4,6H2;1-6H;7-12H,1-6H2;1,3,5,8,10,12H,2,4,6H2;1-6H. The van der Waals surface area contributed by atoms with E-state index in [4.69, 9.17) is 28.4 Å². The third kappa shape index (κ3) is 17.4. The molecular weight excluding hydrogens is 1830 g/mol. The van der Waals surface area contributed by atoms with Crippen LogP contribution in [0.1, 0.15) is 251 Å². The van der Waals surface area contributed by atoms with E-state index in [1.54, 1.807) is 84.6 Å². The van der Waals surface area contributed by atoms with Crippen LogP contribution in [-0.2, 0) is 114 Å². The molecule has 6 saturated heterocycles. The number of benzene rings is 6. The Kier molecular flexibility index (Phi) is 24.1. The van der Waals surface area contributed by atoms with Crippen LogP contribution in [0, 0.1) is 82.9 Å². The summed E-state index contributed by atoms with van der Waals surface area (Å²) in [5.41, 5.74) is 4.95. The first kappa shape index (κ1) is 90.2. The molecule has 6 saturated carbocycles. The third-order valence-electron chi connectivity index (χ3n) is 28.1. The minimum atomic E-state index is -0.697. The van der Waals surface area contributed by atoms with Gasteiger partial charge in [-0.25, -0.2) is 57.5 Å². The van der Waals surface area contributed by atoms with Crippen molar-refractivity contribution < 1.29 is 172 Å². The molecule has 36 nitrogen and oxygen atoms in total. The smallest absolute Gasteiger partial charge is 0.346 e. The Morgan fingerprint density at radius 2 is 0.437 bits per heavy atom. The minimum absolute atomic E-state index is 0.0634. The Morgan fingerprint density at radius 3 is 0.785 bits per heavy atom. The van der Waals surface area contributed by atoms with Crippen molar-refractivity contribution in [2.75, 3.05) is 0 Å². The van der Waals surface area contributed by atoms with E-state index < -0.39 is 101 Å². The van der Waals surface area contributed by atoms with Crippen molar-refractivity contribution in [3.8, 4) is 11.1 Å². The molecule has 0 radical (unpaired) electrons. The largest absolute Gasteiger partial charge is 0.393 e. The van der Waals surface area contributed by atoms with Gasteiger partial charge in [0.25, 0.3) is 0 Å². The van der Waals surface area contributed by atoms with Gasteiger partial charge in [0.15, 0.2) is 0 Å². The lowest BCUT2D eigenvalue weighted by Crippen LogP contribution is -2.35. The normalized spacial score (nSPS) is 29.5. The molecule has 0 N–H and O–H groups in total. The highest BCUT2D eigenvalue weighted by atomic mass is 32.2. The molecule has 18 atom stereocenters. The van der Waals surface area contributed by atoms with Crippen LogP contribution in [0.15, 0.2) is 124 Å². The summed E-state index contributed by atoms with van der Waals surface area (Å²) in [5, 5.41) is 0.787. The van der Waals surface area contributed by atoms with E-state index in [1.807, 2.05) is 11.8 Å². The second-order valence-electron chi connectivity index (χ2n) is 35.5. The van der Waals surface area contributed by atoms with E-state index in [2.05, 4.69) is 28.4 Å². The number of fused-ring (bicyclic) bond motifs is 12. The van der Waals surface area contributed by atoms with Gasteiger partial charge in [-0.15, -0.1) is 11.8 Å². The molecule has 0 aromatic heterocycles. The van der Waals surface area contributed by atoms with Gasteiger partial charge in [0.05, 0.1) is 138 Å². The topological polar surface area (TPSA) is 520 Å². The van der Waals surface area contributed by atoms with E-state index >= 15 is 0 Å². The molecule has 18 aliphatic rings. The summed E-state index contributed by atoms with van der Waals surface area (Å²) in [4.78, 5) is 280. The first-order valence-electron chi connectivity index (χ1n) is 43.7. The van der Waals surface area contributed by atoms with Crippen LogP contribution in [0.25, 0.3) is 11.1 Å². The van der Waals surface area contributed by atoms with Crippen LogP contribution in [-0.4, -0.2) is 159 Å². The number of rotatable bonds is 9. The molecule has 6 aliphatic carbocycles. The van der Waals surface area contributed by atoms with E-state index in [0.29, 0.717) is 120 Å². The summed E-state index contributed by atoms with van der Waals surface area (Å²) in [6.07, 6.45) is 12.9. The zero-order chi connectivity index (χ0) is 94.7. The van der Waals surface area contributed by atoms with Crippen molar-refractivity contribution in [1.82, 2.24) is 0 Å². The van der Waals surface area contributed by atoms with Gasteiger partial charge >= 0.3 is 143 Å². The Hall–Kier alpha value is -14.0. The molecule has 39 heteroatoms. The van der Waals surface area contributed by atoms with E-state index in [1.165, 1.54) is 48.2 Å². The fourth-order valence-corrected chi connectivity index (χ4v) is 25.0. The predicted molar refractivity (Wildman–Crippen MR) is 446 cm³/mol. The van der Waals surface area contributed by atoms with Gasteiger partial charge in [-0.1, -0.05) is 30.0 Å². The van der Waals surface area contributed by atoms with Gasteiger partial charge in [-0.05, 0) is 241 Å². The maximum atomic E-state index is 11.8. The zero-order valence-electron chi connectivity index (χ0n) is 70.4. The summed E-state index contributed by atoms with van der Waals surface area (Å²) < 4.78 is 55.7. The van der Waals surface area contributed by atoms with Crippen LogP contribution >= 0.6 is 35.3 Å².